The van der Waals surface area contributed by atoms with Gasteiger partial charge in [-0.2, -0.15) is 5.26 Å². The van der Waals surface area contributed by atoms with E-state index < -0.39 is 12.6 Å². The Hall–Kier alpha value is -3.59. The number of carbonyl (C=O) groups excluding carboxylic acids is 2. The van der Waals surface area contributed by atoms with Gasteiger partial charge in [0.25, 0.3) is 5.91 Å². The lowest BCUT2D eigenvalue weighted by atomic mass is 10.1. The van der Waals surface area contributed by atoms with Gasteiger partial charge in [-0.15, -0.1) is 0 Å². The molecule has 2 rings (SSSR count). The third-order valence-electron chi connectivity index (χ3n) is 3.89. The van der Waals surface area contributed by atoms with Crippen molar-refractivity contribution in [3.63, 3.8) is 0 Å². The van der Waals surface area contributed by atoms with Gasteiger partial charge < -0.3 is 14.4 Å². The number of carbonyl (C=O) groups is 2. The summed E-state index contributed by atoms with van der Waals surface area (Å²) in [4.78, 5) is 26.4. The van der Waals surface area contributed by atoms with Crippen molar-refractivity contribution in [3.8, 4) is 11.8 Å². The van der Waals surface area contributed by atoms with Crippen molar-refractivity contribution >= 4 is 23.6 Å². The van der Waals surface area contributed by atoms with E-state index >= 15 is 0 Å². The molecule has 6 heteroatoms. The number of nitriles is 1. The molecule has 0 heterocycles. The minimum atomic E-state index is -0.851. The quantitative estimate of drug-likeness (QED) is 0.418. The summed E-state index contributed by atoms with van der Waals surface area (Å²) in [5.74, 6) is -0.617. The molecule has 2 aromatic rings. The number of anilines is 1. The van der Waals surface area contributed by atoms with Gasteiger partial charge in [0.1, 0.15) is 17.4 Å². The monoisotopic (exact) mass is 378 g/mol. The maximum Gasteiger partial charge on any atom is 0.349 e. The number of nitrogens with zero attached hydrogens (tertiary/aromatic N) is 2. The van der Waals surface area contributed by atoms with E-state index in [1.54, 1.807) is 29.2 Å². The Morgan fingerprint density at radius 3 is 2.46 bits per heavy atom. The molecule has 2 aromatic carbocycles. The highest BCUT2D eigenvalue weighted by Crippen LogP contribution is 2.18. The Balaban J connectivity index is 2.09. The van der Waals surface area contributed by atoms with Crippen LogP contribution in [0.4, 0.5) is 5.69 Å². The molecule has 144 valence electrons. The molecule has 0 saturated heterocycles. The lowest BCUT2D eigenvalue weighted by Crippen LogP contribution is -2.40. The van der Waals surface area contributed by atoms with Crippen LogP contribution in [0, 0.1) is 11.3 Å². The van der Waals surface area contributed by atoms with Gasteiger partial charge >= 0.3 is 5.97 Å². The molecule has 0 fully saturated rings. The largest absolute Gasteiger partial charge is 0.497 e. The maximum absolute atomic E-state index is 12.6. The molecule has 0 saturated carbocycles. The van der Waals surface area contributed by atoms with Crippen molar-refractivity contribution in [1.82, 2.24) is 0 Å². The molecule has 0 atom stereocenters. The van der Waals surface area contributed by atoms with E-state index in [0.29, 0.717) is 17.0 Å². The Labute approximate surface area is 164 Å². The van der Waals surface area contributed by atoms with Crippen LogP contribution in [-0.4, -0.2) is 31.6 Å². The number of para-hydroxylation sites is 1. The van der Waals surface area contributed by atoms with Gasteiger partial charge in [-0.1, -0.05) is 30.3 Å². The van der Waals surface area contributed by atoms with E-state index in [1.807, 2.05) is 50.2 Å². The number of hydrogen-bond acceptors (Lipinski definition) is 5. The van der Waals surface area contributed by atoms with Gasteiger partial charge in [0, 0.05) is 11.7 Å². The normalized spacial score (nSPS) is 10.9. The molecule has 0 N–H and O–H groups in total. The van der Waals surface area contributed by atoms with E-state index in [2.05, 4.69) is 0 Å². The number of esters is 1. The average Bonchev–Trinajstić information content (AvgIpc) is 2.71. The van der Waals surface area contributed by atoms with E-state index in [4.69, 9.17) is 9.47 Å². The molecule has 0 aromatic heterocycles. The second-order valence-electron chi connectivity index (χ2n) is 6.22. The number of benzene rings is 2. The Kier molecular flexibility index (Phi) is 7.35. The van der Waals surface area contributed by atoms with Crippen molar-refractivity contribution in [1.29, 1.82) is 5.26 Å². The van der Waals surface area contributed by atoms with Crippen molar-refractivity contribution in [2.24, 2.45) is 0 Å². The molecule has 0 aliphatic heterocycles. The van der Waals surface area contributed by atoms with E-state index in [9.17, 15) is 14.9 Å². The first-order valence-electron chi connectivity index (χ1n) is 8.76. The van der Waals surface area contributed by atoms with Crippen LogP contribution >= 0.6 is 0 Å². The summed E-state index contributed by atoms with van der Waals surface area (Å²) in [7, 11) is 1.53. The van der Waals surface area contributed by atoms with E-state index in [-0.39, 0.29) is 17.5 Å². The molecular formula is C22H22N2O4. The molecular weight excluding hydrogens is 356 g/mol. The lowest BCUT2D eigenvalue weighted by molar-refractivity contribution is -0.143. The molecule has 0 aliphatic rings. The van der Waals surface area contributed by atoms with Crippen LogP contribution < -0.4 is 9.64 Å². The van der Waals surface area contributed by atoms with Crippen LogP contribution in [0.1, 0.15) is 19.4 Å². The van der Waals surface area contributed by atoms with Gasteiger partial charge in [-0.3, -0.25) is 4.79 Å². The number of ether oxygens (including phenoxy) is 2. The van der Waals surface area contributed by atoms with Gasteiger partial charge in [-0.05, 0) is 49.8 Å². The van der Waals surface area contributed by atoms with Crippen LogP contribution in [-0.2, 0) is 14.3 Å². The van der Waals surface area contributed by atoms with Crippen molar-refractivity contribution in [3.05, 3.63) is 65.7 Å². The first-order valence-corrected chi connectivity index (χ1v) is 8.76. The average molecular weight is 378 g/mol. The Bertz CT molecular complexity index is 898. The van der Waals surface area contributed by atoms with Crippen LogP contribution in [0.2, 0.25) is 0 Å². The molecule has 28 heavy (non-hydrogen) atoms. The maximum atomic E-state index is 12.6. The fourth-order valence-corrected chi connectivity index (χ4v) is 2.63. The topological polar surface area (TPSA) is 79.6 Å². The number of hydrogen-bond donors (Lipinski definition) is 0. The fraction of sp³-hybridized carbons (Fsp3) is 0.227. The zero-order chi connectivity index (χ0) is 20.5. The summed E-state index contributed by atoms with van der Waals surface area (Å²) < 4.78 is 10.2. The molecule has 6 nitrogen and oxygen atoms in total. The highest BCUT2D eigenvalue weighted by molar-refractivity contribution is 6.00. The Morgan fingerprint density at radius 1 is 1.14 bits per heavy atom. The van der Waals surface area contributed by atoms with Gasteiger partial charge in [0.05, 0.1) is 7.11 Å². The summed E-state index contributed by atoms with van der Waals surface area (Å²) in [5.41, 5.74) is 1.13. The standard InChI is InChI=1S/C22H22N2O4/c1-16(2)24(19-9-5-4-6-10-19)21(25)15-28-22(26)18(14-23)12-17-8-7-11-20(13-17)27-3/h4-13,16H,15H2,1-3H3/b18-12+. The predicted octanol–water partition coefficient (Wildman–Crippen LogP) is 3.59. The Morgan fingerprint density at radius 2 is 1.86 bits per heavy atom. The molecule has 1 amide bonds. The summed E-state index contributed by atoms with van der Waals surface area (Å²) >= 11 is 0. The SMILES string of the molecule is COc1cccc(/C=C(\C#N)C(=O)OCC(=O)N(c2ccccc2)C(C)C)c1. The first-order chi connectivity index (χ1) is 13.5. The number of methoxy groups -OCH3 is 1. The van der Waals surface area contributed by atoms with Gasteiger partial charge in [0.15, 0.2) is 6.61 Å². The highest BCUT2D eigenvalue weighted by Gasteiger charge is 2.21. The van der Waals surface area contributed by atoms with Gasteiger partial charge in [0.2, 0.25) is 0 Å². The molecule has 0 radical (unpaired) electrons. The molecule has 0 unspecified atom stereocenters. The highest BCUT2D eigenvalue weighted by atomic mass is 16.5. The third kappa shape index (κ3) is 5.45. The number of amides is 1. The fourth-order valence-electron chi connectivity index (χ4n) is 2.63. The molecule has 0 aliphatic carbocycles. The van der Waals surface area contributed by atoms with Gasteiger partial charge in [-0.25, -0.2) is 4.79 Å². The number of rotatable bonds is 7. The summed E-state index contributed by atoms with van der Waals surface area (Å²) in [6.07, 6.45) is 1.40. The van der Waals surface area contributed by atoms with Crippen molar-refractivity contribution in [2.45, 2.75) is 19.9 Å². The van der Waals surface area contributed by atoms with Crippen molar-refractivity contribution < 1.29 is 19.1 Å². The third-order valence-corrected chi connectivity index (χ3v) is 3.89. The second-order valence-corrected chi connectivity index (χ2v) is 6.22. The minimum Gasteiger partial charge on any atom is -0.497 e. The van der Waals surface area contributed by atoms with Crippen LogP contribution in [0.3, 0.4) is 0 Å². The summed E-state index contributed by atoms with van der Waals surface area (Å²) in [6, 6.07) is 17.7. The van der Waals surface area contributed by atoms with E-state index in [0.717, 1.165) is 0 Å². The summed E-state index contributed by atoms with van der Waals surface area (Å²) in [6.45, 7) is 3.29. The minimum absolute atomic E-state index is 0.114. The molecule has 0 bridgehead atoms. The zero-order valence-electron chi connectivity index (χ0n) is 16.1. The zero-order valence-corrected chi connectivity index (χ0v) is 16.1. The van der Waals surface area contributed by atoms with Crippen LogP contribution in [0.25, 0.3) is 6.08 Å². The predicted molar refractivity (Wildman–Crippen MR) is 107 cm³/mol. The van der Waals surface area contributed by atoms with E-state index in [1.165, 1.54) is 13.2 Å². The van der Waals surface area contributed by atoms with Crippen molar-refractivity contribution in [2.75, 3.05) is 18.6 Å². The van der Waals surface area contributed by atoms with Crippen LogP contribution in [0.15, 0.2) is 60.2 Å². The summed E-state index contributed by atoms with van der Waals surface area (Å²) in [5, 5.41) is 9.28. The smallest absolute Gasteiger partial charge is 0.349 e. The van der Waals surface area contributed by atoms with Crippen LogP contribution in [0.5, 0.6) is 5.75 Å². The molecule has 0 spiro atoms. The lowest BCUT2D eigenvalue weighted by Gasteiger charge is -2.26. The first kappa shape index (κ1) is 20.7. The second kappa shape index (κ2) is 9.93.